The zero-order chi connectivity index (χ0) is 23.0. The number of anilines is 2. The number of benzene rings is 2. The van der Waals surface area contributed by atoms with Gasteiger partial charge in [0, 0.05) is 24.8 Å². The van der Waals surface area contributed by atoms with Gasteiger partial charge in [0.2, 0.25) is 15.9 Å². The van der Waals surface area contributed by atoms with Gasteiger partial charge in [-0.3, -0.25) is 9.59 Å². The highest BCUT2D eigenvalue weighted by Gasteiger charge is 2.35. The summed E-state index contributed by atoms with van der Waals surface area (Å²) < 4.78 is 33.9. The first-order chi connectivity index (χ1) is 15.2. The average Bonchev–Trinajstić information content (AvgIpc) is 2.76. The SMILES string of the molecule is Cc1ccccc1NC(=O)C1CCCN(S(=O)(=O)c2cc3c(cc2C)NC(=O)C(C)O3)C1. The van der Waals surface area contributed by atoms with Crippen molar-refractivity contribution in [2.24, 2.45) is 5.92 Å². The molecule has 8 nitrogen and oxygen atoms in total. The molecule has 2 amide bonds. The minimum Gasteiger partial charge on any atom is -0.479 e. The standard InChI is InChI=1S/C23H27N3O5S/c1-14-7-4-5-9-18(14)24-23(28)17-8-6-10-26(13-17)32(29,30)21-12-20-19(11-15(21)2)25-22(27)16(3)31-20/h4-5,7,9,11-12,16-17H,6,8,10,13H2,1-3H3,(H,24,28)(H,25,27). The van der Waals surface area contributed by atoms with Gasteiger partial charge in [0.05, 0.1) is 16.5 Å². The maximum absolute atomic E-state index is 13.5. The summed E-state index contributed by atoms with van der Waals surface area (Å²) in [6.07, 6.45) is 0.517. The van der Waals surface area contributed by atoms with Crippen molar-refractivity contribution in [2.45, 2.75) is 44.6 Å². The Morgan fingerprint density at radius 3 is 2.69 bits per heavy atom. The molecule has 4 rings (SSSR count). The fraction of sp³-hybridized carbons (Fsp3) is 0.391. The highest BCUT2D eigenvalue weighted by atomic mass is 32.2. The predicted octanol–water partition coefficient (Wildman–Crippen LogP) is 3.06. The number of ether oxygens (including phenoxy) is 1. The molecule has 2 N–H and O–H groups in total. The number of rotatable bonds is 4. The van der Waals surface area contributed by atoms with Gasteiger partial charge < -0.3 is 15.4 Å². The molecule has 0 radical (unpaired) electrons. The van der Waals surface area contributed by atoms with Crippen LogP contribution in [0.4, 0.5) is 11.4 Å². The molecule has 0 aliphatic carbocycles. The molecule has 2 aliphatic heterocycles. The molecule has 2 aromatic rings. The van der Waals surface area contributed by atoms with Crippen molar-refractivity contribution < 1.29 is 22.7 Å². The van der Waals surface area contributed by atoms with Crippen molar-refractivity contribution in [3.63, 3.8) is 0 Å². The molecule has 2 atom stereocenters. The van der Waals surface area contributed by atoms with E-state index < -0.39 is 22.0 Å². The summed E-state index contributed by atoms with van der Waals surface area (Å²) in [7, 11) is -3.84. The van der Waals surface area contributed by atoms with Gasteiger partial charge in [0.1, 0.15) is 5.75 Å². The lowest BCUT2D eigenvalue weighted by atomic mass is 9.98. The number of amides is 2. The Morgan fingerprint density at radius 2 is 1.94 bits per heavy atom. The van der Waals surface area contributed by atoms with E-state index in [9.17, 15) is 18.0 Å². The quantitative estimate of drug-likeness (QED) is 0.734. The number of fused-ring (bicyclic) bond motifs is 1. The topological polar surface area (TPSA) is 105 Å². The number of hydrogen-bond acceptors (Lipinski definition) is 5. The van der Waals surface area contributed by atoms with Crippen LogP contribution in [-0.4, -0.2) is 43.7 Å². The van der Waals surface area contributed by atoms with Gasteiger partial charge in [-0.05, 0) is 56.9 Å². The maximum atomic E-state index is 13.5. The van der Waals surface area contributed by atoms with Crippen molar-refractivity contribution in [3.8, 4) is 5.75 Å². The van der Waals surface area contributed by atoms with Gasteiger partial charge >= 0.3 is 0 Å². The first-order valence-corrected chi connectivity index (χ1v) is 12.1. The minimum atomic E-state index is -3.84. The Labute approximate surface area is 188 Å². The number of para-hydroxylation sites is 1. The van der Waals surface area contributed by atoms with E-state index in [4.69, 9.17) is 4.74 Å². The first-order valence-electron chi connectivity index (χ1n) is 10.7. The highest BCUT2D eigenvalue weighted by Crippen LogP contribution is 2.36. The van der Waals surface area contributed by atoms with Crippen LogP contribution in [0.15, 0.2) is 41.3 Å². The molecule has 2 heterocycles. The maximum Gasteiger partial charge on any atom is 0.265 e. The number of carbonyl (C=O) groups is 2. The van der Waals surface area contributed by atoms with Crippen molar-refractivity contribution in [1.82, 2.24) is 4.31 Å². The Bertz CT molecular complexity index is 1180. The molecule has 2 unspecified atom stereocenters. The van der Waals surface area contributed by atoms with E-state index in [1.165, 1.54) is 10.4 Å². The second-order valence-electron chi connectivity index (χ2n) is 8.37. The van der Waals surface area contributed by atoms with Gasteiger partial charge in [-0.2, -0.15) is 4.31 Å². The summed E-state index contributed by atoms with van der Waals surface area (Å²) in [5.74, 6) is -0.564. The van der Waals surface area contributed by atoms with E-state index in [0.717, 1.165) is 11.3 Å². The largest absolute Gasteiger partial charge is 0.479 e. The van der Waals surface area contributed by atoms with E-state index >= 15 is 0 Å². The molecule has 32 heavy (non-hydrogen) atoms. The lowest BCUT2D eigenvalue weighted by molar-refractivity contribution is -0.123. The Morgan fingerprint density at radius 1 is 1.19 bits per heavy atom. The molecular weight excluding hydrogens is 430 g/mol. The van der Waals surface area contributed by atoms with Gasteiger partial charge in [-0.15, -0.1) is 0 Å². The Kier molecular flexibility index (Phi) is 5.96. The minimum absolute atomic E-state index is 0.116. The molecule has 2 aromatic carbocycles. The third kappa shape index (κ3) is 4.22. The third-order valence-corrected chi connectivity index (χ3v) is 7.99. The second-order valence-corrected chi connectivity index (χ2v) is 10.3. The van der Waals surface area contributed by atoms with Crippen LogP contribution >= 0.6 is 0 Å². The van der Waals surface area contributed by atoms with Gasteiger partial charge in [-0.25, -0.2) is 8.42 Å². The van der Waals surface area contributed by atoms with Crippen LogP contribution in [0.25, 0.3) is 0 Å². The number of carbonyl (C=O) groups excluding carboxylic acids is 2. The Balaban J connectivity index is 1.55. The van der Waals surface area contributed by atoms with Crippen LogP contribution < -0.4 is 15.4 Å². The van der Waals surface area contributed by atoms with E-state index in [1.54, 1.807) is 19.9 Å². The summed E-state index contributed by atoms with van der Waals surface area (Å²) >= 11 is 0. The predicted molar refractivity (Wildman–Crippen MR) is 121 cm³/mol. The van der Waals surface area contributed by atoms with Gasteiger partial charge in [0.15, 0.2) is 6.10 Å². The lowest BCUT2D eigenvalue weighted by Gasteiger charge is -2.32. The van der Waals surface area contributed by atoms with Crippen LogP contribution in [-0.2, 0) is 19.6 Å². The number of nitrogens with one attached hydrogen (secondary N) is 2. The molecule has 9 heteroatoms. The summed E-state index contributed by atoms with van der Waals surface area (Å²) in [6.45, 7) is 5.67. The summed E-state index contributed by atoms with van der Waals surface area (Å²) in [5.41, 5.74) is 2.65. The number of piperidine rings is 1. The molecule has 1 saturated heterocycles. The Hall–Kier alpha value is -2.91. The van der Waals surface area contributed by atoms with E-state index in [1.807, 2.05) is 31.2 Å². The smallest absolute Gasteiger partial charge is 0.265 e. The van der Waals surface area contributed by atoms with Crippen molar-refractivity contribution in [1.29, 1.82) is 0 Å². The van der Waals surface area contributed by atoms with E-state index in [-0.39, 0.29) is 23.3 Å². The molecule has 1 fully saturated rings. The molecule has 2 aliphatic rings. The third-order valence-electron chi connectivity index (χ3n) is 5.98. The number of aryl methyl sites for hydroxylation is 2. The van der Waals surface area contributed by atoms with Crippen molar-refractivity contribution in [3.05, 3.63) is 47.5 Å². The van der Waals surface area contributed by atoms with Crippen LogP contribution in [0.5, 0.6) is 5.75 Å². The first kappa shape index (κ1) is 22.3. The van der Waals surface area contributed by atoms with E-state index in [2.05, 4.69) is 10.6 Å². The monoisotopic (exact) mass is 457 g/mol. The average molecular weight is 458 g/mol. The fourth-order valence-corrected chi connectivity index (χ4v) is 5.83. The van der Waals surface area contributed by atoms with E-state index in [0.29, 0.717) is 36.4 Å². The normalized spacial score (nSPS) is 21.3. The van der Waals surface area contributed by atoms with Crippen LogP contribution in [0.1, 0.15) is 30.9 Å². The highest BCUT2D eigenvalue weighted by molar-refractivity contribution is 7.89. The molecular formula is C23H27N3O5S. The van der Waals surface area contributed by atoms with Crippen LogP contribution in [0.2, 0.25) is 0 Å². The van der Waals surface area contributed by atoms with Gasteiger partial charge in [-0.1, -0.05) is 18.2 Å². The molecule has 170 valence electrons. The molecule has 0 saturated carbocycles. The number of nitrogens with zero attached hydrogens (tertiary/aromatic N) is 1. The van der Waals surface area contributed by atoms with Gasteiger partial charge in [0.25, 0.3) is 5.91 Å². The second kappa shape index (κ2) is 8.55. The zero-order valence-corrected chi connectivity index (χ0v) is 19.2. The van der Waals surface area contributed by atoms with Crippen LogP contribution in [0.3, 0.4) is 0 Å². The summed E-state index contributed by atoms with van der Waals surface area (Å²) in [5, 5.41) is 5.67. The van der Waals surface area contributed by atoms with Crippen LogP contribution in [0, 0.1) is 19.8 Å². The summed E-state index contributed by atoms with van der Waals surface area (Å²) in [6, 6.07) is 10.6. The lowest BCUT2D eigenvalue weighted by Crippen LogP contribution is -2.44. The molecule has 0 spiro atoms. The fourth-order valence-electron chi connectivity index (χ4n) is 4.08. The number of sulfonamides is 1. The zero-order valence-electron chi connectivity index (χ0n) is 18.3. The molecule has 0 bridgehead atoms. The summed E-state index contributed by atoms with van der Waals surface area (Å²) in [4.78, 5) is 24.8. The molecule has 0 aromatic heterocycles. The van der Waals surface area contributed by atoms with Crippen molar-refractivity contribution in [2.75, 3.05) is 23.7 Å². The van der Waals surface area contributed by atoms with Crippen molar-refractivity contribution >= 4 is 33.2 Å². The number of hydrogen-bond donors (Lipinski definition) is 2.